The molecule has 100 valence electrons. The molecule has 0 aromatic heterocycles. The fourth-order valence-electron chi connectivity index (χ4n) is 1.71. The molecule has 0 radical (unpaired) electrons. The number of rotatable bonds is 6. The first kappa shape index (κ1) is 14.4. The Balaban J connectivity index is 2.25. The molecule has 1 heterocycles. The number of hydrogen-bond acceptors (Lipinski definition) is 5. The summed E-state index contributed by atoms with van der Waals surface area (Å²) in [4.78, 5) is 11.7. The van der Waals surface area contributed by atoms with E-state index in [0.29, 0.717) is 26.2 Å². The molecule has 4 N–H and O–H groups in total. The van der Waals surface area contributed by atoms with Crippen molar-refractivity contribution in [1.82, 2.24) is 10.6 Å². The number of carbonyl (C=O) groups is 1. The van der Waals surface area contributed by atoms with Crippen LogP contribution in [-0.4, -0.2) is 52.9 Å². The van der Waals surface area contributed by atoms with Crippen LogP contribution in [0.2, 0.25) is 0 Å². The van der Waals surface area contributed by atoms with Gasteiger partial charge in [-0.05, 0) is 13.5 Å². The molecule has 1 saturated heterocycles. The minimum absolute atomic E-state index is 0.0215. The molecule has 1 rings (SSSR count). The standard InChI is InChI=1S/C9H19N3O4S/c1-11-8-6-16-5-7(8)9(13)12-3-2-4-17(10,14)15/h7-8,11H,2-6H2,1H3,(H,12,13)(H2,10,14,15). The Bertz CT molecular complexity index is 357. The predicted octanol–water partition coefficient (Wildman–Crippen LogP) is -1.98. The lowest BCUT2D eigenvalue weighted by molar-refractivity contribution is -0.125. The monoisotopic (exact) mass is 265 g/mol. The summed E-state index contributed by atoms with van der Waals surface area (Å²) in [5.74, 6) is -0.449. The molecule has 0 aromatic carbocycles. The molecular formula is C9H19N3O4S. The van der Waals surface area contributed by atoms with Gasteiger partial charge in [0.2, 0.25) is 15.9 Å². The van der Waals surface area contributed by atoms with Gasteiger partial charge in [-0.15, -0.1) is 0 Å². The van der Waals surface area contributed by atoms with Crippen molar-refractivity contribution >= 4 is 15.9 Å². The quantitative estimate of drug-likeness (QED) is 0.482. The highest BCUT2D eigenvalue weighted by atomic mass is 32.2. The van der Waals surface area contributed by atoms with Gasteiger partial charge in [0.15, 0.2) is 0 Å². The van der Waals surface area contributed by atoms with Gasteiger partial charge in [0.05, 0.1) is 24.9 Å². The second kappa shape index (κ2) is 6.29. The number of nitrogens with one attached hydrogen (secondary N) is 2. The third-order valence-corrected chi connectivity index (χ3v) is 3.55. The van der Waals surface area contributed by atoms with Gasteiger partial charge in [-0.1, -0.05) is 0 Å². The maximum atomic E-state index is 11.7. The number of primary sulfonamides is 1. The highest BCUT2D eigenvalue weighted by Gasteiger charge is 2.32. The van der Waals surface area contributed by atoms with Gasteiger partial charge in [0.1, 0.15) is 0 Å². The van der Waals surface area contributed by atoms with E-state index in [-0.39, 0.29) is 23.6 Å². The molecule has 1 fully saturated rings. The largest absolute Gasteiger partial charge is 0.379 e. The van der Waals surface area contributed by atoms with E-state index in [4.69, 9.17) is 9.88 Å². The molecule has 17 heavy (non-hydrogen) atoms. The second-order valence-corrected chi connectivity index (χ2v) is 5.78. The van der Waals surface area contributed by atoms with E-state index in [1.165, 1.54) is 0 Å². The lowest BCUT2D eigenvalue weighted by Gasteiger charge is -2.16. The van der Waals surface area contributed by atoms with Crippen LogP contribution in [0.25, 0.3) is 0 Å². The Hall–Kier alpha value is -0.700. The summed E-state index contributed by atoms with van der Waals surface area (Å²) in [7, 11) is -1.67. The highest BCUT2D eigenvalue weighted by Crippen LogP contribution is 2.13. The van der Waals surface area contributed by atoms with Crippen LogP contribution in [0, 0.1) is 5.92 Å². The molecule has 1 aliphatic heterocycles. The fourth-order valence-corrected chi connectivity index (χ4v) is 2.26. The van der Waals surface area contributed by atoms with Crippen molar-refractivity contribution in [2.75, 3.05) is 32.6 Å². The molecule has 7 nitrogen and oxygen atoms in total. The molecule has 0 aromatic rings. The average Bonchev–Trinajstić information content (AvgIpc) is 2.70. The van der Waals surface area contributed by atoms with Gasteiger partial charge in [0, 0.05) is 12.6 Å². The fraction of sp³-hybridized carbons (Fsp3) is 0.889. The first-order valence-electron chi connectivity index (χ1n) is 5.47. The van der Waals surface area contributed by atoms with Gasteiger partial charge < -0.3 is 15.4 Å². The third-order valence-electron chi connectivity index (χ3n) is 2.69. The van der Waals surface area contributed by atoms with Crippen LogP contribution in [0.4, 0.5) is 0 Å². The number of nitrogens with two attached hydrogens (primary N) is 1. The third kappa shape index (κ3) is 4.99. The summed E-state index contributed by atoms with van der Waals surface area (Å²) in [6.45, 7) is 1.22. The average molecular weight is 265 g/mol. The van der Waals surface area contributed by atoms with Crippen molar-refractivity contribution in [2.24, 2.45) is 11.1 Å². The van der Waals surface area contributed by atoms with E-state index in [0.717, 1.165) is 0 Å². The SMILES string of the molecule is CNC1COCC1C(=O)NCCCS(N)(=O)=O. The second-order valence-electron chi connectivity index (χ2n) is 4.05. The minimum Gasteiger partial charge on any atom is -0.379 e. The molecule has 0 bridgehead atoms. The van der Waals surface area contributed by atoms with Crippen LogP contribution >= 0.6 is 0 Å². The molecule has 1 aliphatic rings. The molecule has 0 aliphatic carbocycles. The Morgan fingerprint density at radius 2 is 2.18 bits per heavy atom. The Kier molecular flexibility index (Phi) is 5.31. The van der Waals surface area contributed by atoms with E-state index < -0.39 is 10.0 Å². The summed E-state index contributed by atoms with van der Waals surface area (Å²) >= 11 is 0. The first-order chi connectivity index (χ1) is 7.94. The van der Waals surface area contributed by atoms with Crippen LogP contribution in [0.15, 0.2) is 0 Å². The van der Waals surface area contributed by atoms with Crippen molar-refractivity contribution in [3.63, 3.8) is 0 Å². The van der Waals surface area contributed by atoms with Crippen LogP contribution in [0.5, 0.6) is 0 Å². The summed E-state index contributed by atoms with van der Waals surface area (Å²) in [6, 6.07) is 0.0215. The number of hydrogen-bond donors (Lipinski definition) is 3. The van der Waals surface area contributed by atoms with E-state index in [2.05, 4.69) is 10.6 Å². The van der Waals surface area contributed by atoms with Crippen molar-refractivity contribution in [3.8, 4) is 0 Å². The molecule has 1 amide bonds. The van der Waals surface area contributed by atoms with Gasteiger partial charge in [-0.3, -0.25) is 4.79 Å². The zero-order valence-electron chi connectivity index (χ0n) is 9.81. The molecular weight excluding hydrogens is 246 g/mol. The molecule has 2 unspecified atom stereocenters. The number of amides is 1. The number of ether oxygens (including phenoxy) is 1. The smallest absolute Gasteiger partial charge is 0.227 e. The van der Waals surface area contributed by atoms with E-state index >= 15 is 0 Å². The molecule has 0 saturated carbocycles. The molecule has 0 spiro atoms. The molecule has 2 atom stereocenters. The minimum atomic E-state index is -3.44. The van der Waals surface area contributed by atoms with E-state index in [9.17, 15) is 13.2 Å². The van der Waals surface area contributed by atoms with Crippen molar-refractivity contribution in [2.45, 2.75) is 12.5 Å². The van der Waals surface area contributed by atoms with E-state index in [1.807, 2.05) is 0 Å². The van der Waals surface area contributed by atoms with Crippen LogP contribution < -0.4 is 15.8 Å². The zero-order chi connectivity index (χ0) is 12.9. The number of likely N-dealkylation sites (N-methyl/N-ethyl adjacent to an activating group) is 1. The summed E-state index contributed by atoms with van der Waals surface area (Å²) in [6.07, 6.45) is 0.322. The lowest BCUT2D eigenvalue weighted by atomic mass is 10.0. The summed E-state index contributed by atoms with van der Waals surface area (Å²) in [5, 5.41) is 10.5. The van der Waals surface area contributed by atoms with Gasteiger partial charge >= 0.3 is 0 Å². The van der Waals surface area contributed by atoms with Crippen molar-refractivity contribution in [3.05, 3.63) is 0 Å². The Morgan fingerprint density at radius 1 is 1.47 bits per heavy atom. The summed E-state index contributed by atoms with van der Waals surface area (Å²) in [5.41, 5.74) is 0. The van der Waals surface area contributed by atoms with Gasteiger partial charge in [-0.2, -0.15) is 0 Å². The topological polar surface area (TPSA) is 111 Å². The van der Waals surface area contributed by atoms with Crippen molar-refractivity contribution in [1.29, 1.82) is 0 Å². The first-order valence-corrected chi connectivity index (χ1v) is 7.19. The lowest BCUT2D eigenvalue weighted by Crippen LogP contribution is -2.43. The van der Waals surface area contributed by atoms with Gasteiger partial charge in [-0.25, -0.2) is 13.6 Å². The molecule has 8 heteroatoms. The van der Waals surface area contributed by atoms with E-state index in [1.54, 1.807) is 7.05 Å². The maximum Gasteiger partial charge on any atom is 0.227 e. The normalized spacial score (nSPS) is 24.8. The number of carbonyl (C=O) groups excluding carboxylic acids is 1. The van der Waals surface area contributed by atoms with Crippen molar-refractivity contribution < 1.29 is 17.9 Å². The maximum absolute atomic E-state index is 11.7. The number of sulfonamides is 1. The zero-order valence-corrected chi connectivity index (χ0v) is 10.6. The van der Waals surface area contributed by atoms with Crippen LogP contribution in [0.1, 0.15) is 6.42 Å². The van der Waals surface area contributed by atoms with Gasteiger partial charge in [0.25, 0.3) is 0 Å². The Morgan fingerprint density at radius 3 is 2.76 bits per heavy atom. The van der Waals surface area contributed by atoms with Crippen LogP contribution in [-0.2, 0) is 19.6 Å². The highest BCUT2D eigenvalue weighted by molar-refractivity contribution is 7.89. The predicted molar refractivity (Wildman–Crippen MR) is 62.8 cm³/mol. The van der Waals surface area contributed by atoms with Crippen LogP contribution in [0.3, 0.4) is 0 Å². The summed E-state index contributed by atoms with van der Waals surface area (Å²) < 4.78 is 26.5. The Labute approximate surface area is 101 Å².